The summed E-state index contributed by atoms with van der Waals surface area (Å²) in [5, 5.41) is 12.5. The minimum absolute atomic E-state index is 0.511. The lowest BCUT2D eigenvalue weighted by Crippen LogP contribution is -2.50. The molecule has 17 heavy (non-hydrogen) atoms. The van der Waals surface area contributed by atoms with Crippen LogP contribution in [0.4, 0.5) is 0 Å². The van der Waals surface area contributed by atoms with Gasteiger partial charge in [0.1, 0.15) is 5.60 Å². The summed E-state index contributed by atoms with van der Waals surface area (Å²) in [6, 6.07) is 9.73. The number of hydrogen-bond acceptors (Lipinski definition) is 4. The molecule has 1 aromatic rings. The summed E-state index contributed by atoms with van der Waals surface area (Å²) in [7, 11) is 0. The van der Waals surface area contributed by atoms with E-state index in [2.05, 4.69) is 10.4 Å². The van der Waals surface area contributed by atoms with Crippen LogP contribution in [0.25, 0.3) is 0 Å². The molecular weight excluding hydrogens is 216 g/mol. The number of benzene rings is 1. The summed E-state index contributed by atoms with van der Waals surface area (Å²) in [6.45, 7) is 5.57. The van der Waals surface area contributed by atoms with E-state index in [9.17, 15) is 5.11 Å². The van der Waals surface area contributed by atoms with Crippen molar-refractivity contribution in [2.75, 3.05) is 32.8 Å². The molecule has 2 N–H and O–H groups in total. The number of ether oxygens (including phenoxy) is 1. The molecule has 0 amide bonds. The highest BCUT2D eigenvalue weighted by atomic mass is 16.5. The van der Waals surface area contributed by atoms with Crippen LogP contribution in [0.1, 0.15) is 12.5 Å². The summed E-state index contributed by atoms with van der Waals surface area (Å²) in [5.41, 5.74) is 3.35. The zero-order valence-corrected chi connectivity index (χ0v) is 10.2. The van der Waals surface area contributed by atoms with Crippen LogP contribution < -0.4 is 5.43 Å². The van der Waals surface area contributed by atoms with E-state index in [0.717, 1.165) is 31.9 Å². The lowest BCUT2D eigenvalue weighted by Gasteiger charge is -2.32. The largest absolute Gasteiger partial charge is 0.384 e. The van der Waals surface area contributed by atoms with E-state index in [0.29, 0.717) is 6.54 Å². The van der Waals surface area contributed by atoms with Crippen LogP contribution in [-0.2, 0) is 10.3 Å². The Hall–Kier alpha value is -0.940. The third-order valence-electron chi connectivity index (χ3n) is 3.05. The molecule has 94 valence electrons. The third kappa shape index (κ3) is 3.51. The van der Waals surface area contributed by atoms with Gasteiger partial charge < -0.3 is 9.84 Å². The average molecular weight is 236 g/mol. The van der Waals surface area contributed by atoms with E-state index in [-0.39, 0.29) is 0 Å². The predicted octanol–water partition coefficient (Wildman–Crippen LogP) is 0.731. The fraction of sp³-hybridized carbons (Fsp3) is 0.538. The number of rotatable bonds is 4. The Bertz CT molecular complexity index is 335. The van der Waals surface area contributed by atoms with E-state index in [4.69, 9.17) is 4.74 Å². The van der Waals surface area contributed by atoms with Gasteiger partial charge in [-0.3, -0.25) is 5.43 Å². The standard InChI is InChI=1S/C13H20N2O2/c1-13(16,12-5-3-2-4-6-12)11-14-15-7-9-17-10-8-15/h2-6,14,16H,7-11H2,1H3. The molecule has 1 heterocycles. The highest BCUT2D eigenvalue weighted by Gasteiger charge is 2.23. The van der Waals surface area contributed by atoms with E-state index in [1.807, 2.05) is 37.3 Å². The summed E-state index contributed by atoms with van der Waals surface area (Å²) < 4.78 is 5.27. The summed E-state index contributed by atoms with van der Waals surface area (Å²) in [5.74, 6) is 0. The smallest absolute Gasteiger partial charge is 0.101 e. The van der Waals surface area contributed by atoms with Crippen LogP contribution in [-0.4, -0.2) is 43.0 Å². The Kier molecular flexibility index (Phi) is 4.12. The third-order valence-corrected chi connectivity index (χ3v) is 3.05. The van der Waals surface area contributed by atoms with E-state index in [1.54, 1.807) is 0 Å². The van der Waals surface area contributed by atoms with Crippen molar-refractivity contribution in [1.29, 1.82) is 0 Å². The molecule has 1 saturated heterocycles. The molecule has 2 rings (SSSR count). The molecule has 0 aromatic heterocycles. The predicted molar refractivity (Wildman–Crippen MR) is 66.4 cm³/mol. The minimum atomic E-state index is -0.848. The first-order chi connectivity index (χ1) is 8.18. The second-order valence-electron chi connectivity index (χ2n) is 4.57. The van der Waals surface area contributed by atoms with Crippen molar-refractivity contribution >= 4 is 0 Å². The lowest BCUT2D eigenvalue weighted by atomic mass is 9.96. The Morgan fingerprint density at radius 1 is 1.29 bits per heavy atom. The second-order valence-corrected chi connectivity index (χ2v) is 4.57. The maximum Gasteiger partial charge on any atom is 0.101 e. The van der Waals surface area contributed by atoms with Gasteiger partial charge in [-0.25, -0.2) is 5.01 Å². The summed E-state index contributed by atoms with van der Waals surface area (Å²) in [4.78, 5) is 0. The normalized spacial score (nSPS) is 21.1. The van der Waals surface area contributed by atoms with Crippen LogP contribution in [0.15, 0.2) is 30.3 Å². The molecule has 0 aliphatic carbocycles. The Balaban J connectivity index is 1.88. The van der Waals surface area contributed by atoms with Gasteiger partial charge in [0.15, 0.2) is 0 Å². The number of hydrogen-bond donors (Lipinski definition) is 2. The lowest BCUT2D eigenvalue weighted by molar-refractivity contribution is -0.0170. The number of nitrogens with zero attached hydrogens (tertiary/aromatic N) is 1. The molecule has 4 heteroatoms. The molecule has 0 saturated carbocycles. The van der Waals surface area contributed by atoms with Gasteiger partial charge in [0.2, 0.25) is 0 Å². The molecule has 1 atom stereocenters. The maximum absolute atomic E-state index is 10.4. The SMILES string of the molecule is CC(O)(CNN1CCOCC1)c1ccccc1. The van der Waals surface area contributed by atoms with Gasteiger partial charge in [0, 0.05) is 19.6 Å². The van der Waals surface area contributed by atoms with E-state index in [1.165, 1.54) is 0 Å². The second kappa shape index (κ2) is 5.60. The molecule has 4 nitrogen and oxygen atoms in total. The van der Waals surface area contributed by atoms with Gasteiger partial charge in [-0.05, 0) is 12.5 Å². The fourth-order valence-corrected chi connectivity index (χ4v) is 1.89. The maximum atomic E-state index is 10.4. The first kappa shape index (κ1) is 12.5. The first-order valence-corrected chi connectivity index (χ1v) is 6.02. The number of hydrazine groups is 1. The summed E-state index contributed by atoms with van der Waals surface area (Å²) >= 11 is 0. The van der Waals surface area contributed by atoms with E-state index < -0.39 is 5.60 Å². The number of aliphatic hydroxyl groups is 1. The molecule has 1 aliphatic heterocycles. The van der Waals surface area contributed by atoms with Crippen molar-refractivity contribution in [2.24, 2.45) is 0 Å². The van der Waals surface area contributed by atoms with Gasteiger partial charge in [-0.15, -0.1) is 0 Å². The van der Waals surface area contributed by atoms with E-state index >= 15 is 0 Å². The van der Waals surface area contributed by atoms with Crippen molar-refractivity contribution in [3.05, 3.63) is 35.9 Å². The monoisotopic (exact) mass is 236 g/mol. The van der Waals surface area contributed by atoms with Crippen molar-refractivity contribution < 1.29 is 9.84 Å². The van der Waals surface area contributed by atoms with Gasteiger partial charge >= 0.3 is 0 Å². The Morgan fingerprint density at radius 3 is 2.59 bits per heavy atom. The molecule has 1 aromatic carbocycles. The average Bonchev–Trinajstić information content (AvgIpc) is 2.39. The van der Waals surface area contributed by atoms with Crippen LogP contribution in [0.5, 0.6) is 0 Å². The van der Waals surface area contributed by atoms with Crippen molar-refractivity contribution in [3.63, 3.8) is 0 Å². The quantitative estimate of drug-likeness (QED) is 0.809. The van der Waals surface area contributed by atoms with Crippen LogP contribution in [0, 0.1) is 0 Å². The zero-order valence-electron chi connectivity index (χ0n) is 10.2. The Morgan fingerprint density at radius 2 is 1.94 bits per heavy atom. The van der Waals surface area contributed by atoms with Crippen molar-refractivity contribution in [2.45, 2.75) is 12.5 Å². The van der Waals surface area contributed by atoms with Gasteiger partial charge in [-0.1, -0.05) is 30.3 Å². The highest BCUT2D eigenvalue weighted by Crippen LogP contribution is 2.19. The van der Waals surface area contributed by atoms with Gasteiger partial charge in [0.25, 0.3) is 0 Å². The highest BCUT2D eigenvalue weighted by molar-refractivity contribution is 5.21. The molecule has 1 fully saturated rings. The molecule has 1 aliphatic rings. The Labute approximate surface area is 102 Å². The zero-order chi connectivity index (χ0) is 12.1. The van der Waals surface area contributed by atoms with Crippen molar-refractivity contribution in [1.82, 2.24) is 10.4 Å². The molecular formula is C13H20N2O2. The summed E-state index contributed by atoms with van der Waals surface area (Å²) in [6.07, 6.45) is 0. The van der Waals surface area contributed by atoms with Gasteiger partial charge in [-0.2, -0.15) is 0 Å². The first-order valence-electron chi connectivity index (χ1n) is 6.02. The number of morpholine rings is 1. The minimum Gasteiger partial charge on any atom is -0.384 e. The van der Waals surface area contributed by atoms with Crippen LogP contribution in [0.2, 0.25) is 0 Å². The molecule has 0 spiro atoms. The molecule has 1 unspecified atom stereocenters. The van der Waals surface area contributed by atoms with Crippen LogP contribution >= 0.6 is 0 Å². The van der Waals surface area contributed by atoms with Crippen LogP contribution in [0.3, 0.4) is 0 Å². The van der Waals surface area contributed by atoms with Gasteiger partial charge in [0.05, 0.1) is 13.2 Å². The number of nitrogens with one attached hydrogen (secondary N) is 1. The fourth-order valence-electron chi connectivity index (χ4n) is 1.89. The topological polar surface area (TPSA) is 44.7 Å². The van der Waals surface area contributed by atoms with Crippen molar-refractivity contribution in [3.8, 4) is 0 Å². The molecule has 0 radical (unpaired) electrons. The molecule has 0 bridgehead atoms.